The van der Waals surface area contributed by atoms with E-state index >= 15 is 0 Å². The van der Waals surface area contributed by atoms with E-state index in [1.807, 2.05) is 0 Å². The smallest absolute Gasteiger partial charge is 0.400 e. The van der Waals surface area contributed by atoms with Gasteiger partial charge in [-0.2, -0.15) is 14.9 Å². The van der Waals surface area contributed by atoms with Gasteiger partial charge in [-0.15, -0.1) is 0 Å². The zero-order valence-electron chi connectivity index (χ0n) is 9.56. The molecule has 0 aromatic carbocycles. The number of hydrogen-bond acceptors (Lipinski definition) is 7. The first kappa shape index (κ1) is 12.8. The summed E-state index contributed by atoms with van der Waals surface area (Å²) < 4.78 is 5.77. The van der Waals surface area contributed by atoms with Crippen molar-refractivity contribution in [3.8, 4) is 0 Å². The molecule has 10 heteroatoms. The predicted octanol–water partition coefficient (Wildman–Crippen LogP) is 0.993. The zero-order chi connectivity index (χ0) is 14.0. The number of hydrogen-bond donors (Lipinski definition) is 1. The van der Waals surface area contributed by atoms with Gasteiger partial charge >= 0.3 is 5.88 Å². The average molecular weight is 281 g/mol. The predicted molar refractivity (Wildman–Crippen MR) is 66.8 cm³/mol. The molecule has 98 valence electrons. The maximum Gasteiger partial charge on any atom is 0.433 e. The molecule has 2 aromatic rings. The second kappa shape index (κ2) is 4.94. The summed E-state index contributed by atoms with van der Waals surface area (Å²) >= 11 is 4.85. The Labute approximate surface area is 110 Å². The van der Waals surface area contributed by atoms with Gasteiger partial charge in [-0.05, 0) is 25.2 Å². The van der Waals surface area contributed by atoms with Crippen molar-refractivity contribution in [1.82, 2.24) is 14.9 Å². The molecule has 2 heterocycles. The van der Waals surface area contributed by atoms with Gasteiger partial charge in [-0.3, -0.25) is 20.0 Å². The first-order valence-corrected chi connectivity index (χ1v) is 5.37. The number of nitrogens with one attached hydrogen (secondary N) is 1. The largest absolute Gasteiger partial charge is 0.433 e. The minimum atomic E-state index is -0.674. The van der Waals surface area contributed by atoms with Crippen LogP contribution in [0.2, 0.25) is 0 Å². The molecule has 2 aromatic heterocycles. The summed E-state index contributed by atoms with van der Waals surface area (Å²) in [5.74, 6) is -0.285. The van der Waals surface area contributed by atoms with Gasteiger partial charge < -0.3 is 4.42 Å². The highest BCUT2D eigenvalue weighted by Gasteiger charge is 2.10. The SMILES string of the molecule is Cc1n[nH]c(=S)n(/N=C\c2ccc([N+](=O)[O-])o2)c1=O. The van der Waals surface area contributed by atoms with Crippen LogP contribution in [0.3, 0.4) is 0 Å². The summed E-state index contributed by atoms with van der Waals surface area (Å²) in [6, 6.07) is 2.54. The molecule has 0 spiro atoms. The Kier molecular flexibility index (Phi) is 3.33. The van der Waals surface area contributed by atoms with E-state index in [2.05, 4.69) is 15.3 Å². The summed E-state index contributed by atoms with van der Waals surface area (Å²) in [6.07, 6.45) is 1.15. The quantitative estimate of drug-likeness (QED) is 0.388. The van der Waals surface area contributed by atoms with Gasteiger partial charge in [0, 0.05) is 0 Å². The minimum absolute atomic E-state index is 0.00732. The molecule has 0 atom stereocenters. The van der Waals surface area contributed by atoms with Crippen molar-refractivity contribution in [2.24, 2.45) is 5.10 Å². The van der Waals surface area contributed by atoms with Crippen molar-refractivity contribution < 1.29 is 9.34 Å². The summed E-state index contributed by atoms with van der Waals surface area (Å²) in [5, 5.41) is 20.3. The third kappa shape index (κ3) is 2.63. The third-order valence-electron chi connectivity index (χ3n) is 2.11. The number of H-pyrrole nitrogens is 1. The number of aromatic amines is 1. The summed E-state index contributed by atoms with van der Waals surface area (Å²) in [7, 11) is 0. The molecule has 0 aliphatic heterocycles. The summed E-state index contributed by atoms with van der Waals surface area (Å²) in [5.41, 5.74) is -0.294. The molecule has 19 heavy (non-hydrogen) atoms. The Morgan fingerprint density at radius 2 is 2.37 bits per heavy atom. The van der Waals surface area contributed by atoms with Crippen LogP contribution >= 0.6 is 12.2 Å². The van der Waals surface area contributed by atoms with Gasteiger partial charge in [0.2, 0.25) is 4.77 Å². The van der Waals surface area contributed by atoms with Crippen LogP contribution in [0.1, 0.15) is 11.5 Å². The topological polar surface area (TPSA) is 119 Å². The lowest BCUT2D eigenvalue weighted by molar-refractivity contribution is -0.402. The van der Waals surface area contributed by atoms with Crippen LogP contribution in [-0.4, -0.2) is 26.0 Å². The third-order valence-corrected chi connectivity index (χ3v) is 2.37. The normalized spacial score (nSPS) is 11.0. The number of furan rings is 1. The lowest BCUT2D eigenvalue weighted by Gasteiger charge is -1.97. The van der Waals surface area contributed by atoms with Gasteiger partial charge in [-0.25, -0.2) is 0 Å². The van der Waals surface area contributed by atoms with Crippen LogP contribution in [-0.2, 0) is 0 Å². The minimum Gasteiger partial charge on any atom is -0.400 e. The van der Waals surface area contributed by atoms with E-state index in [0.717, 1.165) is 10.9 Å². The number of aryl methyl sites for hydroxylation is 1. The molecule has 2 rings (SSSR count). The van der Waals surface area contributed by atoms with Crippen LogP contribution in [0.15, 0.2) is 26.4 Å². The summed E-state index contributed by atoms with van der Waals surface area (Å²) in [6.45, 7) is 1.50. The fourth-order valence-electron chi connectivity index (χ4n) is 1.20. The van der Waals surface area contributed by atoms with Crippen LogP contribution in [0.4, 0.5) is 5.88 Å². The molecule has 0 radical (unpaired) electrons. The zero-order valence-corrected chi connectivity index (χ0v) is 10.4. The van der Waals surface area contributed by atoms with Gasteiger partial charge in [0.25, 0.3) is 5.56 Å². The van der Waals surface area contributed by atoms with E-state index in [9.17, 15) is 14.9 Å². The maximum absolute atomic E-state index is 11.7. The molecule has 0 amide bonds. The van der Waals surface area contributed by atoms with Gasteiger partial charge in [-0.1, -0.05) is 0 Å². The van der Waals surface area contributed by atoms with Crippen LogP contribution in [0.5, 0.6) is 0 Å². The van der Waals surface area contributed by atoms with E-state index in [1.165, 1.54) is 19.1 Å². The number of nitrogens with zero attached hydrogens (tertiary/aromatic N) is 4. The molecule has 0 saturated carbocycles. The molecular weight excluding hydrogens is 274 g/mol. The highest BCUT2D eigenvalue weighted by molar-refractivity contribution is 7.71. The van der Waals surface area contributed by atoms with E-state index in [-0.39, 0.29) is 16.2 Å². The van der Waals surface area contributed by atoms with E-state index < -0.39 is 16.4 Å². The Hall–Kier alpha value is -2.62. The number of nitro groups is 1. The lowest BCUT2D eigenvalue weighted by atomic mass is 10.5. The second-order valence-electron chi connectivity index (χ2n) is 3.41. The Morgan fingerprint density at radius 3 is 3.00 bits per heavy atom. The molecular formula is C9H7N5O4S. The van der Waals surface area contributed by atoms with Gasteiger partial charge in [0.1, 0.15) is 10.6 Å². The van der Waals surface area contributed by atoms with Crippen LogP contribution in [0.25, 0.3) is 0 Å². The molecule has 0 aliphatic rings. The molecule has 0 unspecified atom stereocenters. The van der Waals surface area contributed by atoms with Gasteiger partial charge in [0.05, 0.1) is 12.3 Å². The maximum atomic E-state index is 11.7. The van der Waals surface area contributed by atoms with E-state index in [0.29, 0.717) is 0 Å². The second-order valence-corrected chi connectivity index (χ2v) is 3.80. The molecule has 0 aliphatic carbocycles. The van der Waals surface area contributed by atoms with Crippen molar-refractivity contribution in [3.63, 3.8) is 0 Å². The molecule has 0 saturated heterocycles. The first-order chi connectivity index (χ1) is 8.99. The van der Waals surface area contributed by atoms with Crippen molar-refractivity contribution in [2.45, 2.75) is 6.92 Å². The molecule has 0 fully saturated rings. The standard InChI is InChI=1S/C9H7N5O4S/c1-5-8(15)13(9(19)12-11-5)10-4-6-2-3-7(18-6)14(16)17/h2-4H,1H3,(H,12,19)/b10-4-. The fourth-order valence-corrected chi connectivity index (χ4v) is 1.38. The monoisotopic (exact) mass is 281 g/mol. The van der Waals surface area contributed by atoms with Crippen molar-refractivity contribution in [3.05, 3.63) is 48.8 Å². The van der Waals surface area contributed by atoms with Crippen molar-refractivity contribution in [1.29, 1.82) is 0 Å². The first-order valence-electron chi connectivity index (χ1n) is 4.96. The van der Waals surface area contributed by atoms with E-state index in [4.69, 9.17) is 16.6 Å². The van der Waals surface area contributed by atoms with Crippen molar-refractivity contribution in [2.75, 3.05) is 0 Å². The van der Waals surface area contributed by atoms with Crippen LogP contribution < -0.4 is 5.56 Å². The average Bonchev–Trinajstić information content (AvgIpc) is 2.83. The van der Waals surface area contributed by atoms with Crippen LogP contribution in [0, 0.1) is 21.8 Å². The summed E-state index contributed by atoms with van der Waals surface area (Å²) in [4.78, 5) is 21.4. The molecule has 9 nitrogen and oxygen atoms in total. The fraction of sp³-hybridized carbons (Fsp3) is 0.111. The Bertz CT molecular complexity index is 771. The van der Waals surface area contributed by atoms with Gasteiger partial charge in [0.15, 0.2) is 5.76 Å². The Balaban J connectivity index is 2.38. The number of rotatable bonds is 3. The highest BCUT2D eigenvalue weighted by Crippen LogP contribution is 2.13. The molecule has 1 N–H and O–H groups in total. The lowest BCUT2D eigenvalue weighted by Crippen LogP contribution is -2.22. The highest BCUT2D eigenvalue weighted by atomic mass is 32.1. The number of aromatic nitrogens is 3. The van der Waals surface area contributed by atoms with Crippen molar-refractivity contribution >= 4 is 24.3 Å². The molecule has 0 bridgehead atoms. The Morgan fingerprint density at radius 1 is 1.63 bits per heavy atom. The van der Waals surface area contributed by atoms with E-state index in [1.54, 1.807) is 0 Å².